The lowest BCUT2D eigenvalue weighted by Crippen LogP contribution is -2.46. The highest BCUT2D eigenvalue weighted by molar-refractivity contribution is 4.76. The Bertz CT molecular complexity index is 160. The molecule has 0 unspecified atom stereocenters. The van der Waals surface area contributed by atoms with Gasteiger partial charge in [-0.3, -0.25) is 0 Å². The van der Waals surface area contributed by atoms with Crippen molar-refractivity contribution in [2.45, 2.75) is 51.1 Å². The SMILES string of the molecule is CC1(C)OOC2(CCCC2)OO1. The fourth-order valence-electron chi connectivity index (χ4n) is 1.46. The van der Waals surface area contributed by atoms with E-state index in [2.05, 4.69) is 0 Å². The minimum atomic E-state index is -0.784. The zero-order valence-electron chi connectivity index (χ0n) is 7.46. The Kier molecular flexibility index (Phi) is 1.88. The first kappa shape index (κ1) is 8.44. The highest BCUT2D eigenvalue weighted by Crippen LogP contribution is 2.39. The molecule has 1 heterocycles. The first-order valence-corrected chi connectivity index (χ1v) is 4.36. The molecular formula is C8H14O4. The Labute approximate surface area is 71.6 Å². The van der Waals surface area contributed by atoms with Crippen LogP contribution in [0.2, 0.25) is 0 Å². The van der Waals surface area contributed by atoms with Crippen LogP contribution in [0.3, 0.4) is 0 Å². The van der Waals surface area contributed by atoms with E-state index in [9.17, 15) is 0 Å². The Morgan fingerprint density at radius 3 is 1.83 bits per heavy atom. The molecule has 0 N–H and O–H groups in total. The van der Waals surface area contributed by atoms with Crippen molar-refractivity contribution in [3.63, 3.8) is 0 Å². The van der Waals surface area contributed by atoms with E-state index in [1.807, 2.05) is 0 Å². The maximum atomic E-state index is 5.19. The third-order valence-electron chi connectivity index (χ3n) is 2.15. The van der Waals surface area contributed by atoms with E-state index in [0.29, 0.717) is 0 Å². The van der Waals surface area contributed by atoms with Crippen LogP contribution in [0.25, 0.3) is 0 Å². The molecule has 0 bridgehead atoms. The number of rotatable bonds is 0. The molecule has 0 radical (unpaired) electrons. The summed E-state index contributed by atoms with van der Waals surface area (Å²) in [5, 5.41) is 0. The van der Waals surface area contributed by atoms with Gasteiger partial charge in [-0.15, -0.1) is 0 Å². The van der Waals surface area contributed by atoms with Crippen LogP contribution in [0.15, 0.2) is 0 Å². The summed E-state index contributed by atoms with van der Waals surface area (Å²) in [6.45, 7) is 3.49. The minimum absolute atomic E-state index is 0.616. The molecule has 2 fully saturated rings. The summed E-state index contributed by atoms with van der Waals surface area (Å²) in [5.41, 5.74) is 0. The molecule has 2 rings (SSSR count). The summed E-state index contributed by atoms with van der Waals surface area (Å²) >= 11 is 0. The molecule has 0 atom stereocenters. The molecule has 0 aromatic heterocycles. The van der Waals surface area contributed by atoms with Crippen molar-refractivity contribution in [3.05, 3.63) is 0 Å². The lowest BCUT2D eigenvalue weighted by Gasteiger charge is -2.37. The topological polar surface area (TPSA) is 36.9 Å². The quantitative estimate of drug-likeness (QED) is 0.525. The van der Waals surface area contributed by atoms with Crippen molar-refractivity contribution in [1.29, 1.82) is 0 Å². The van der Waals surface area contributed by atoms with E-state index < -0.39 is 11.6 Å². The van der Waals surface area contributed by atoms with Gasteiger partial charge in [0.1, 0.15) is 0 Å². The van der Waals surface area contributed by atoms with Crippen LogP contribution in [0.5, 0.6) is 0 Å². The Hall–Kier alpha value is -0.160. The highest BCUT2D eigenvalue weighted by Gasteiger charge is 2.46. The molecule has 0 amide bonds. The lowest BCUT2D eigenvalue weighted by atomic mass is 10.2. The van der Waals surface area contributed by atoms with Gasteiger partial charge in [0.25, 0.3) is 0 Å². The predicted molar refractivity (Wildman–Crippen MR) is 39.6 cm³/mol. The van der Waals surface area contributed by atoms with E-state index in [1.165, 1.54) is 0 Å². The maximum absolute atomic E-state index is 5.19. The van der Waals surface area contributed by atoms with Gasteiger partial charge < -0.3 is 0 Å². The fourth-order valence-corrected chi connectivity index (χ4v) is 1.46. The van der Waals surface area contributed by atoms with Crippen LogP contribution in [0.4, 0.5) is 0 Å². The van der Waals surface area contributed by atoms with Gasteiger partial charge in [-0.05, 0) is 26.7 Å². The number of hydrogen-bond donors (Lipinski definition) is 0. The third kappa shape index (κ3) is 1.47. The second kappa shape index (κ2) is 2.67. The van der Waals surface area contributed by atoms with Crippen LogP contribution in [0.1, 0.15) is 39.5 Å². The molecule has 1 spiro atoms. The van der Waals surface area contributed by atoms with Crippen molar-refractivity contribution in [1.82, 2.24) is 0 Å². The second-order valence-corrected chi connectivity index (χ2v) is 3.85. The zero-order chi connectivity index (χ0) is 8.66. The molecule has 1 aliphatic carbocycles. The van der Waals surface area contributed by atoms with Crippen molar-refractivity contribution < 1.29 is 19.6 Å². The van der Waals surface area contributed by atoms with Crippen LogP contribution >= 0.6 is 0 Å². The zero-order valence-corrected chi connectivity index (χ0v) is 7.46. The van der Waals surface area contributed by atoms with Gasteiger partial charge in [-0.1, -0.05) is 0 Å². The monoisotopic (exact) mass is 174 g/mol. The Balaban J connectivity index is 1.97. The molecule has 1 aliphatic heterocycles. The fraction of sp³-hybridized carbons (Fsp3) is 1.00. The van der Waals surface area contributed by atoms with Crippen LogP contribution in [-0.4, -0.2) is 11.6 Å². The van der Waals surface area contributed by atoms with E-state index in [1.54, 1.807) is 13.8 Å². The van der Waals surface area contributed by atoms with E-state index >= 15 is 0 Å². The van der Waals surface area contributed by atoms with Crippen LogP contribution in [0, 0.1) is 0 Å². The van der Waals surface area contributed by atoms with Crippen molar-refractivity contribution in [2.24, 2.45) is 0 Å². The largest absolute Gasteiger partial charge is 0.234 e. The van der Waals surface area contributed by atoms with Gasteiger partial charge in [-0.2, -0.15) is 19.6 Å². The third-order valence-corrected chi connectivity index (χ3v) is 2.15. The number of hydrogen-bond acceptors (Lipinski definition) is 4. The molecule has 0 aromatic carbocycles. The summed E-state index contributed by atoms with van der Waals surface area (Å²) in [6.07, 6.45) is 3.91. The molecular weight excluding hydrogens is 160 g/mol. The van der Waals surface area contributed by atoms with Gasteiger partial charge in [-0.25, -0.2) is 0 Å². The lowest BCUT2D eigenvalue weighted by molar-refractivity contribution is -0.649. The molecule has 1 saturated carbocycles. The molecule has 4 heteroatoms. The maximum Gasteiger partial charge on any atom is 0.234 e. The normalized spacial score (nSPS) is 32.5. The van der Waals surface area contributed by atoms with Gasteiger partial charge in [0, 0.05) is 12.8 Å². The van der Waals surface area contributed by atoms with Gasteiger partial charge in [0.2, 0.25) is 11.6 Å². The van der Waals surface area contributed by atoms with E-state index in [-0.39, 0.29) is 0 Å². The molecule has 2 aliphatic rings. The summed E-state index contributed by atoms with van der Waals surface area (Å²) in [5.74, 6) is -1.40. The van der Waals surface area contributed by atoms with Gasteiger partial charge in [0.15, 0.2) is 0 Å². The van der Waals surface area contributed by atoms with Crippen molar-refractivity contribution in [2.75, 3.05) is 0 Å². The highest BCUT2D eigenvalue weighted by atomic mass is 17.4. The Morgan fingerprint density at radius 1 is 0.833 bits per heavy atom. The van der Waals surface area contributed by atoms with Gasteiger partial charge >= 0.3 is 0 Å². The molecule has 0 aromatic rings. The van der Waals surface area contributed by atoms with Crippen molar-refractivity contribution in [3.8, 4) is 0 Å². The van der Waals surface area contributed by atoms with E-state index in [0.717, 1.165) is 25.7 Å². The Morgan fingerprint density at radius 2 is 1.33 bits per heavy atom. The van der Waals surface area contributed by atoms with E-state index in [4.69, 9.17) is 19.6 Å². The summed E-state index contributed by atoms with van der Waals surface area (Å²) in [7, 11) is 0. The summed E-state index contributed by atoms with van der Waals surface area (Å²) in [4.78, 5) is 20.5. The molecule has 12 heavy (non-hydrogen) atoms. The van der Waals surface area contributed by atoms with Crippen molar-refractivity contribution >= 4 is 0 Å². The summed E-state index contributed by atoms with van der Waals surface area (Å²) in [6, 6.07) is 0. The molecule has 70 valence electrons. The first-order chi connectivity index (χ1) is 5.62. The van der Waals surface area contributed by atoms with Crippen LogP contribution < -0.4 is 0 Å². The van der Waals surface area contributed by atoms with Crippen LogP contribution in [-0.2, 0) is 19.6 Å². The van der Waals surface area contributed by atoms with Gasteiger partial charge in [0.05, 0.1) is 0 Å². The standard InChI is InChI=1S/C8H14O4/c1-7(2)9-11-8(12-10-7)5-3-4-6-8/h3-6H2,1-2H3. The minimum Gasteiger partial charge on any atom is -0.195 e. The molecule has 4 nitrogen and oxygen atoms in total. The predicted octanol–water partition coefficient (Wildman–Crippen LogP) is 1.90. The average Bonchev–Trinajstić information content (AvgIpc) is 2.46. The molecule has 1 saturated heterocycles. The first-order valence-electron chi connectivity index (χ1n) is 4.36. The second-order valence-electron chi connectivity index (χ2n) is 3.85. The smallest absolute Gasteiger partial charge is 0.195 e. The average molecular weight is 174 g/mol. The summed E-state index contributed by atoms with van der Waals surface area (Å²) < 4.78 is 0.